The standard InChI is InChI=1S/C17H36N6O5/c18-7-3-1-5-10-23(17(26)27-11-9-20)12-15(24)22-14(6-2-4-8-19)13-28-16(21)25/h14H,1-13,18-20H2,(H2,21,25)(H,22,24). The molecule has 0 aliphatic rings. The summed E-state index contributed by atoms with van der Waals surface area (Å²) >= 11 is 0. The Bertz CT molecular complexity index is 452. The van der Waals surface area contributed by atoms with Gasteiger partial charge in [-0.25, -0.2) is 9.59 Å². The molecule has 0 heterocycles. The highest BCUT2D eigenvalue weighted by Gasteiger charge is 2.20. The number of rotatable bonds is 16. The number of hydrogen-bond acceptors (Lipinski definition) is 8. The lowest BCUT2D eigenvalue weighted by Crippen LogP contribution is -2.46. The van der Waals surface area contributed by atoms with Crippen molar-refractivity contribution in [1.29, 1.82) is 0 Å². The van der Waals surface area contributed by atoms with Crippen molar-refractivity contribution in [2.24, 2.45) is 22.9 Å². The number of carbonyl (C=O) groups is 3. The van der Waals surface area contributed by atoms with E-state index in [0.29, 0.717) is 32.5 Å². The minimum absolute atomic E-state index is 0.0419. The lowest BCUT2D eigenvalue weighted by molar-refractivity contribution is -0.123. The van der Waals surface area contributed by atoms with Gasteiger partial charge in [0, 0.05) is 13.1 Å². The largest absolute Gasteiger partial charge is 0.448 e. The highest BCUT2D eigenvalue weighted by atomic mass is 16.6. The number of primary amides is 1. The SMILES string of the molecule is NCCCCCN(CC(=O)NC(CCCCN)COC(N)=O)C(=O)OCCN. The Labute approximate surface area is 166 Å². The third-order valence-corrected chi connectivity index (χ3v) is 3.87. The fraction of sp³-hybridized carbons (Fsp3) is 0.824. The van der Waals surface area contributed by atoms with E-state index < -0.39 is 18.2 Å². The summed E-state index contributed by atoms with van der Waals surface area (Å²) in [5.41, 5.74) is 21.3. The molecular weight excluding hydrogens is 368 g/mol. The molecule has 0 aromatic heterocycles. The second-order valence-corrected chi connectivity index (χ2v) is 6.35. The summed E-state index contributed by atoms with van der Waals surface area (Å²) in [7, 11) is 0. The molecule has 0 aliphatic carbocycles. The molecule has 3 amide bonds. The number of nitrogens with one attached hydrogen (secondary N) is 1. The molecule has 0 rings (SSSR count). The molecule has 164 valence electrons. The molecule has 11 nitrogen and oxygen atoms in total. The van der Waals surface area contributed by atoms with Crippen molar-refractivity contribution < 1.29 is 23.9 Å². The highest BCUT2D eigenvalue weighted by Crippen LogP contribution is 2.04. The van der Waals surface area contributed by atoms with E-state index in [-0.39, 0.29) is 32.2 Å². The summed E-state index contributed by atoms with van der Waals surface area (Å²) in [6, 6.07) is -0.411. The zero-order valence-electron chi connectivity index (χ0n) is 16.6. The third-order valence-electron chi connectivity index (χ3n) is 3.87. The molecular formula is C17H36N6O5. The number of carbonyl (C=O) groups excluding carboxylic acids is 3. The molecule has 0 aromatic carbocycles. The van der Waals surface area contributed by atoms with Crippen molar-refractivity contribution in [2.45, 2.75) is 44.6 Å². The maximum Gasteiger partial charge on any atom is 0.410 e. The number of hydrogen-bond donors (Lipinski definition) is 5. The van der Waals surface area contributed by atoms with E-state index in [4.69, 9.17) is 32.4 Å². The molecule has 0 saturated heterocycles. The van der Waals surface area contributed by atoms with Gasteiger partial charge in [0.25, 0.3) is 0 Å². The average molecular weight is 405 g/mol. The quantitative estimate of drug-likeness (QED) is 0.207. The second kappa shape index (κ2) is 17.0. The lowest BCUT2D eigenvalue weighted by atomic mass is 10.1. The summed E-state index contributed by atoms with van der Waals surface area (Å²) in [6.45, 7) is 1.53. The fourth-order valence-corrected chi connectivity index (χ4v) is 2.46. The predicted octanol–water partition coefficient (Wildman–Crippen LogP) is -0.778. The smallest absolute Gasteiger partial charge is 0.410 e. The first-order valence-corrected chi connectivity index (χ1v) is 9.68. The summed E-state index contributed by atoms with van der Waals surface area (Å²) in [6.07, 6.45) is 2.98. The zero-order chi connectivity index (χ0) is 21.2. The van der Waals surface area contributed by atoms with Gasteiger partial charge in [-0.2, -0.15) is 0 Å². The van der Waals surface area contributed by atoms with Crippen molar-refractivity contribution in [3.63, 3.8) is 0 Å². The van der Waals surface area contributed by atoms with E-state index in [1.807, 2.05) is 0 Å². The van der Waals surface area contributed by atoms with Crippen LogP contribution in [0, 0.1) is 0 Å². The predicted molar refractivity (Wildman–Crippen MR) is 105 cm³/mol. The van der Waals surface area contributed by atoms with E-state index in [1.165, 1.54) is 4.90 Å². The monoisotopic (exact) mass is 404 g/mol. The third kappa shape index (κ3) is 14.0. The molecule has 1 unspecified atom stereocenters. The number of amides is 3. The van der Waals surface area contributed by atoms with Crippen LogP contribution in [0.25, 0.3) is 0 Å². The average Bonchev–Trinajstić information content (AvgIpc) is 2.66. The molecule has 0 radical (unpaired) electrons. The molecule has 28 heavy (non-hydrogen) atoms. The van der Waals surface area contributed by atoms with Crippen molar-refractivity contribution in [1.82, 2.24) is 10.2 Å². The Morgan fingerprint density at radius 1 is 0.893 bits per heavy atom. The topological polar surface area (TPSA) is 189 Å². The summed E-state index contributed by atoms with van der Waals surface area (Å²) in [4.78, 5) is 36.7. The van der Waals surface area contributed by atoms with Gasteiger partial charge < -0.3 is 37.7 Å². The number of nitrogens with zero attached hydrogens (tertiary/aromatic N) is 1. The Balaban J connectivity index is 4.71. The van der Waals surface area contributed by atoms with Crippen LogP contribution in [0.4, 0.5) is 9.59 Å². The van der Waals surface area contributed by atoms with Crippen molar-refractivity contribution in [2.75, 3.05) is 45.9 Å². The fourth-order valence-electron chi connectivity index (χ4n) is 2.46. The van der Waals surface area contributed by atoms with E-state index in [0.717, 1.165) is 25.7 Å². The number of nitrogens with two attached hydrogens (primary N) is 4. The second-order valence-electron chi connectivity index (χ2n) is 6.35. The maximum absolute atomic E-state index is 12.4. The van der Waals surface area contributed by atoms with E-state index in [1.54, 1.807) is 0 Å². The van der Waals surface area contributed by atoms with Crippen molar-refractivity contribution >= 4 is 18.1 Å². The van der Waals surface area contributed by atoms with Crippen LogP contribution in [0.5, 0.6) is 0 Å². The van der Waals surface area contributed by atoms with Gasteiger partial charge in [0.1, 0.15) is 19.8 Å². The summed E-state index contributed by atoms with van der Waals surface area (Å²) in [5, 5.41) is 2.77. The van der Waals surface area contributed by atoms with Crippen LogP contribution in [0.2, 0.25) is 0 Å². The van der Waals surface area contributed by atoms with Crippen LogP contribution in [0.15, 0.2) is 0 Å². The van der Waals surface area contributed by atoms with Gasteiger partial charge in [0.15, 0.2) is 0 Å². The van der Waals surface area contributed by atoms with Gasteiger partial charge in [0.05, 0.1) is 6.04 Å². The first-order valence-electron chi connectivity index (χ1n) is 9.68. The summed E-state index contributed by atoms with van der Waals surface area (Å²) in [5.74, 6) is -0.380. The van der Waals surface area contributed by atoms with E-state index >= 15 is 0 Å². The molecule has 0 saturated carbocycles. The normalized spacial score (nSPS) is 11.5. The summed E-state index contributed by atoms with van der Waals surface area (Å²) < 4.78 is 9.83. The molecule has 0 aliphatic heterocycles. The molecule has 1 atom stereocenters. The molecule has 0 fully saturated rings. The van der Waals surface area contributed by atoms with Gasteiger partial charge in [-0.1, -0.05) is 12.8 Å². The van der Waals surface area contributed by atoms with Gasteiger partial charge in [-0.15, -0.1) is 0 Å². The van der Waals surface area contributed by atoms with Gasteiger partial charge in [-0.05, 0) is 38.8 Å². The molecule has 11 heteroatoms. The highest BCUT2D eigenvalue weighted by molar-refractivity contribution is 5.82. The van der Waals surface area contributed by atoms with Crippen LogP contribution in [0.1, 0.15) is 38.5 Å². The van der Waals surface area contributed by atoms with Crippen LogP contribution in [-0.2, 0) is 14.3 Å². The Kier molecular flexibility index (Phi) is 15.7. The zero-order valence-corrected chi connectivity index (χ0v) is 16.6. The van der Waals surface area contributed by atoms with Crippen molar-refractivity contribution in [3.8, 4) is 0 Å². The van der Waals surface area contributed by atoms with Crippen LogP contribution in [0.3, 0.4) is 0 Å². The van der Waals surface area contributed by atoms with Gasteiger partial charge in [-0.3, -0.25) is 9.69 Å². The Hall–Kier alpha value is -2.11. The van der Waals surface area contributed by atoms with E-state index in [9.17, 15) is 14.4 Å². The van der Waals surface area contributed by atoms with Crippen LogP contribution < -0.4 is 28.3 Å². The van der Waals surface area contributed by atoms with Gasteiger partial charge in [0.2, 0.25) is 5.91 Å². The van der Waals surface area contributed by atoms with Gasteiger partial charge >= 0.3 is 12.2 Å². The molecule has 0 aromatic rings. The van der Waals surface area contributed by atoms with Crippen LogP contribution >= 0.6 is 0 Å². The maximum atomic E-state index is 12.4. The van der Waals surface area contributed by atoms with Crippen molar-refractivity contribution in [3.05, 3.63) is 0 Å². The molecule has 9 N–H and O–H groups in total. The number of unbranched alkanes of at least 4 members (excludes halogenated alkanes) is 3. The molecule has 0 bridgehead atoms. The minimum atomic E-state index is -0.912. The van der Waals surface area contributed by atoms with E-state index in [2.05, 4.69) is 5.32 Å². The minimum Gasteiger partial charge on any atom is -0.448 e. The number of ether oxygens (including phenoxy) is 2. The Morgan fingerprint density at radius 3 is 2.18 bits per heavy atom. The Morgan fingerprint density at radius 2 is 1.57 bits per heavy atom. The van der Waals surface area contributed by atoms with Crippen LogP contribution in [-0.4, -0.2) is 75.0 Å². The molecule has 0 spiro atoms. The first kappa shape index (κ1) is 25.9. The lowest BCUT2D eigenvalue weighted by Gasteiger charge is -2.24. The first-order chi connectivity index (χ1) is 13.4.